The lowest BCUT2D eigenvalue weighted by atomic mass is 9.85. The number of hydrogen-bond acceptors (Lipinski definition) is 5. The molecule has 1 aromatic heterocycles. The topological polar surface area (TPSA) is 75.1 Å². The minimum Gasteiger partial charge on any atom is -0.481 e. The number of carbonyl (C=O) groups is 1. The summed E-state index contributed by atoms with van der Waals surface area (Å²) in [6.45, 7) is 0. The first-order valence-corrected chi connectivity index (χ1v) is 7.34. The highest BCUT2D eigenvalue weighted by atomic mass is 32.1. The Morgan fingerprint density at radius 2 is 2.06 bits per heavy atom. The quantitative estimate of drug-likeness (QED) is 0.876. The van der Waals surface area contributed by atoms with Gasteiger partial charge in [0.1, 0.15) is 5.82 Å². The third-order valence-corrected chi connectivity index (χ3v) is 4.44. The van der Waals surface area contributed by atoms with E-state index in [0.29, 0.717) is 5.92 Å². The normalized spacial score (nSPS) is 28.0. The summed E-state index contributed by atoms with van der Waals surface area (Å²) in [4.78, 5) is 15.7. The van der Waals surface area contributed by atoms with Gasteiger partial charge in [0.2, 0.25) is 5.13 Å². The summed E-state index contributed by atoms with van der Waals surface area (Å²) >= 11 is 1.36. The van der Waals surface area contributed by atoms with Crippen LogP contribution in [0.3, 0.4) is 0 Å². The number of carboxylic acids is 1. The molecule has 18 heavy (non-hydrogen) atoms. The molecule has 2 unspecified atom stereocenters. The zero-order chi connectivity index (χ0) is 12.5. The molecule has 5 nitrogen and oxygen atoms in total. The third kappa shape index (κ3) is 2.48. The van der Waals surface area contributed by atoms with Crippen molar-refractivity contribution in [2.75, 3.05) is 5.32 Å². The fraction of sp³-hybridized carbons (Fsp3) is 0.750. The van der Waals surface area contributed by atoms with Crippen LogP contribution in [0.15, 0.2) is 0 Å². The van der Waals surface area contributed by atoms with E-state index < -0.39 is 5.97 Å². The molecule has 0 radical (unpaired) electrons. The van der Waals surface area contributed by atoms with E-state index in [-0.39, 0.29) is 12.0 Å². The van der Waals surface area contributed by atoms with Crippen LogP contribution in [0.1, 0.15) is 50.3 Å². The van der Waals surface area contributed by atoms with Gasteiger partial charge in [0.05, 0.1) is 5.92 Å². The summed E-state index contributed by atoms with van der Waals surface area (Å²) in [7, 11) is 0. The van der Waals surface area contributed by atoms with E-state index in [2.05, 4.69) is 14.7 Å². The van der Waals surface area contributed by atoms with Crippen LogP contribution in [0.2, 0.25) is 0 Å². The van der Waals surface area contributed by atoms with Crippen LogP contribution in [0.5, 0.6) is 0 Å². The summed E-state index contributed by atoms with van der Waals surface area (Å²) in [5.41, 5.74) is 0. The molecular formula is C12H17N3O2S. The van der Waals surface area contributed by atoms with Crippen LogP contribution in [0, 0.1) is 5.92 Å². The van der Waals surface area contributed by atoms with Gasteiger partial charge in [0, 0.05) is 23.5 Å². The Labute approximate surface area is 110 Å². The first kappa shape index (κ1) is 11.9. The number of anilines is 1. The monoisotopic (exact) mass is 267 g/mol. The van der Waals surface area contributed by atoms with Crippen LogP contribution in [0.25, 0.3) is 0 Å². The summed E-state index contributed by atoms with van der Waals surface area (Å²) in [5.74, 6) is 0.509. The lowest BCUT2D eigenvalue weighted by molar-refractivity contribution is -0.143. The Kier molecular flexibility index (Phi) is 3.20. The molecule has 0 spiro atoms. The summed E-state index contributed by atoms with van der Waals surface area (Å²) in [6.07, 6.45) is 6.17. The molecule has 0 bridgehead atoms. The second-order valence-electron chi connectivity index (χ2n) is 5.21. The molecule has 3 rings (SSSR count). The molecule has 6 heteroatoms. The maximum Gasteiger partial charge on any atom is 0.308 e. The predicted octanol–water partition coefficient (Wildman–Crippen LogP) is 2.47. The van der Waals surface area contributed by atoms with E-state index in [1.807, 2.05) is 0 Å². The third-order valence-electron chi connectivity index (χ3n) is 3.78. The number of aromatic nitrogens is 2. The van der Waals surface area contributed by atoms with Crippen molar-refractivity contribution in [3.05, 3.63) is 5.82 Å². The lowest BCUT2D eigenvalue weighted by Gasteiger charge is -2.28. The van der Waals surface area contributed by atoms with Crippen molar-refractivity contribution in [1.29, 1.82) is 0 Å². The molecule has 2 aliphatic carbocycles. The fourth-order valence-corrected chi connectivity index (χ4v) is 3.27. The average Bonchev–Trinajstić information content (AvgIpc) is 3.11. The van der Waals surface area contributed by atoms with Crippen molar-refractivity contribution in [2.45, 2.75) is 50.5 Å². The molecular weight excluding hydrogens is 250 g/mol. The van der Waals surface area contributed by atoms with Crippen molar-refractivity contribution in [3.63, 3.8) is 0 Å². The second kappa shape index (κ2) is 4.84. The Balaban J connectivity index is 1.67. The largest absolute Gasteiger partial charge is 0.481 e. The summed E-state index contributed by atoms with van der Waals surface area (Å²) in [5, 5.41) is 13.3. The molecule has 0 amide bonds. The van der Waals surface area contributed by atoms with Crippen LogP contribution in [-0.2, 0) is 4.79 Å². The highest BCUT2D eigenvalue weighted by Gasteiger charge is 2.32. The van der Waals surface area contributed by atoms with Crippen LogP contribution in [-0.4, -0.2) is 26.5 Å². The van der Waals surface area contributed by atoms with Gasteiger partial charge in [-0.1, -0.05) is 12.8 Å². The van der Waals surface area contributed by atoms with E-state index in [9.17, 15) is 9.90 Å². The minimum absolute atomic E-state index is 0.0104. The van der Waals surface area contributed by atoms with Crippen molar-refractivity contribution in [3.8, 4) is 0 Å². The van der Waals surface area contributed by atoms with Gasteiger partial charge in [0.25, 0.3) is 0 Å². The fourth-order valence-electron chi connectivity index (χ4n) is 2.56. The van der Waals surface area contributed by atoms with Gasteiger partial charge >= 0.3 is 5.97 Å². The van der Waals surface area contributed by atoms with Crippen LogP contribution < -0.4 is 5.32 Å². The standard InChI is InChI=1S/C12H17N3O2S/c16-11(17)8-3-1-2-4-9(8)13-12-14-10(15-18-12)7-5-6-7/h7-9H,1-6H2,(H,16,17)(H,13,14,15). The van der Waals surface area contributed by atoms with Crippen molar-refractivity contribution in [1.82, 2.24) is 9.36 Å². The molecule has 2 aliphatic rings. The predicted molar refractivity (Wildman–Crippen MR) is 68.9 cm³/mol. The maximum absolute atomic E-state index is 11.2. The van der Waals surface area contributed by atoms with Crippen molar-refractivity contribution in [2.24, 2.45) is 5.92 Å². The first-order valence-electron chi connectivity index (χ1n) is 6.57. The molecule has 0 aliphatic heterocycles. The molecule has 1 aromatic rings. The van der Waals surface area contributed by atoms with Gasteiger partial charge in [-0.3, -0.25) is 4.79 Å². The second-order valence-corrected chi connectivity index (χ2v) is 5.96. The Bertz CT molecular complexity index is 444. The SMILES string of the molecule is O=C(O)C1CCCCC1Nc1nc(C2CC2)ns1. The number of carboxylic acid groups (broad SMARTS) is 1. The molecule has 0 saturated heterocycles. The molecule has 2 N–H and O–H groups in total. The minimum atomic E-state index is -0.695. The number of rotatable bonds is 4. The van der Waals surface area contributed by atoms with Gasteiger partial charge in [-0.15, -0.1) is 0 Å². The Morgan fingerprint density at radius 1 is 1.28 bits per heavy atom. The van der Waals surface area contributed by atoms with E-state index >= 15 is 0 Å². The van der Waals surface area contributed by atoms with Gasteiger partial charge in [0.15, 0.2) is 0 Å². The zero-order valence-electron chi connectivity index (χ0n) is 10.1. The van der Waals surface area contributed by atoms with E-state index in [4.69, 9.17) is 0 Å². The van der Waals surface area contributed by atoms with Gasteiger partial charge in [-0.25, -0.2) is 4.98 Å². The smallest absolute Gasteiger partial charge is 0.308 e. The molecule has 2 atom stereocenters. The van der Waals surface area contributed by atoms with Gasteiger partial charge in [-0.2, -0.15) is 4.37 Å². The molecule has 98 valence electrons. The van der Waals surface area contributed by atoms with E-state index in [0.717, 1.165) is 36.6 Å². The molecule has 0 aromatic carbocycles. The number of aliphatic carboxylic acids is 1. The number of nitrogens with one attached hydrogen (secondary N) is 1. The molecule has 1 heterocycles. The van der Waals surface area contributed by atoms with Crippen molar-refractivity contribution >= 4 is 22.6 Å². The lowest BCUT2D eigenvalue weighted by Crippen LogP contribution is -2.37. The summed E-state index contributed by atoms with van der Waals surface area (Å²) in [6, 6.07) is 0.0104. The van der Waals surface area contributed by atoms with Gasteiger partial charge in [-0.05, 0) is 25.7 Å². The molecule has 2 fully saturated rings. The van der Waals surface area contributed by atoms with Crippen LogP contribution >= 0.6 is 11.5 Å². The highest BCUT2D eigenvalue weighted by molar-refractivity contribution is 7.09. The number of hydrogen-bond donors (Lipinski definition) is 2. The summed E-state index contributed by atoms with van der Waals surface area (Å²) < 4.78 is 4.33. The maximum atomic E-state index is 11.2. The average molecular weight is 267 g/mol. The first-order chi connectivity index (χ1) is 8.74. The van der Waals surface area contributed by atoms with Crippen molar-refractivity contribution < 1.29 is 9.90 Å². The van der Waals surface area contributed by atoms with Crippen LogP contribution in [0.4, 0.5) is 5.13 Å². The number of nitrogens with zero attached hydrogens (tertiary/aromatic N) is 2. The van der Waals surface area contributed by atoms with Gasteiger partial charge < -0.3 is 10.4 Å². The zero-order valence-corrected chi connectivity index (χ0v) is 10.9. The van der Waals surface area contributed by atoms with E-state index in [1.165, 1.54) is 24.4 Å². The highest BCUT2D eigenvalue weighted by Crippen LogP contribution is 2.39. The van der Waals surface area contributed by atoms with E-state index in [1.54, 1.807) is 0 Å². The Hall–Kier alpha value is -1.17. The molecule has 2 saturated carbocycles. The Morgan fingerprint density at radius 3 is 2.78 bits per heavy atom.